The first kappa shape index (κ1) is 15.8. The lowest BCUT2D eigenvalue weighted by atomic mass is 10.1. The lowest BCUT2D eigenvalue weighted by molar-refractivity contribution is -0.114. The summed E-state index contributed by atoms with van der Waals surface area (Å²) in [7, 11) is 0. The van der Waals surface area contributed by atoms with Crippen LogP contribution < -0.4 is 10.1 Å². The van der Waals surface area contributed by atoms with Crippen molar-refractivity contribution in [2.45, 2.75) is 32.3 Å². The van der Waals surface area contributed by atoms with Gasteiger partial charge in [0.2, 0.25) is 5.91 Å². The molecule has 0 radical (unpaired) electrons. The highest BCUT2D eigenvalue weighted by atomic mass is 16.5. The van der Waals surface area contributed by atoms with E-state index in [2.05, 4.69) is 10.2 Å². The van der Waals surface area contributed by atoms with Gasteiger partial charge in [0.25, 0.3) is 0 Å². The van der Waals surface area contributed by atoms with Crippen molar-refractivity contribution in [2.24, 2.45) is 0 Å². The van der Waals surface area contributed by atoms with Gasteiger partial charge in [-0.2, -0.15) is 0 Å². The molecule has 5 nitrogen and oxygen atoms in total. The molecule has 1 atom stereocenters. The Balaban J connectivity index is 1.72. The van der Waals surface area contributed by atoms with Crippen LogP contribution >= 0.6 is 0 Å². The number of anilines is 1. The number of aliphatic hydroxyl groups excluding tert-OH is 1. The van der Waals surface area contributed by atoms with Gasteiger partial charge in [0.15, 0.2) is 0 Å². The van der Waals surface area contributed by atoms with Crippen LogP contribution in [0.1, 0.15) is 26.2 Å². The molecule has 116 valence electrons. The third-order valence-corrected chi connectivity index (χ3v) is 3.53. The quantitative estimate of drug-likeness (QED) is 0.840. The van der Waals surface area contributed by atoms with E-state index in [-0.39, 0.29) is 12.5 Å². The number of amides is 1. The largest absolute Gasteiger partial charge is 0.491 e. The number of likely N-dealkylation sites (tertiary alicyclic amines) is 1. The van der Waals surface area contributed by atoms with Gasteiger partial charge >= 0.3 is 0 Å². The zero-order valence-electron chi connectivity index (χ0n) is 12.5. The van der Waals surface area contributed by atoms with Crippen LogP contribution in [0.25, 0.3) is 0 Å². The number of nitrogens with one attached hydrogen (secondary N) is 1. The van der Waals surface area contributed by atoms with Crippen LogP contribution in [-0.2, 0) is 4.79 Å². The van der Waals surface area contributed by atoms with Crippen molar-refractivity contribution < 1.29 is 14.6 Å². The molecule has 2 N–H and O–H groups in total. The molecule has 0 bridgehead atoms. The zero-order valence-corrected chi connectivity index (χ0v) is 12.5. The summed E-state index contributed by atoms with van der Waals surface area (Å²) in [5.41, 5.74) is 0.740. The number of rotatable bonds is 6. The smallest absolute Gasteiger partial charge is 0.221 e. The first-order chi connectivity index (χ1) is 10.1. The second-order valence-electron chi connectivity index (χ2n) is 5.53. The van der Waals surface area contributed by atoms with Crippen molar-refractivity contribution in [1.29, 1.82) is 0 Å². The van der Waals surface area contributed by atoms with Gasteiger partial charge in [0.1, 0.15) is 18.5 Å². The Labute approximate surface area is 125 Å². The average molecular weight is 292 g/mol. The molecule has 0 unspecified atom stereocenters. The number of benzene rings is 1. The van der Waals surface area contributed by atoms with E-state index >= 15 is 0 Å². The van der Waals surface area contributed by atoms with Crippen LogP contribution in [0.5, 0.6) is 5.75 Å². The fourth-order valence-electron chi connectivity index (χ4n) is 2.52. The van der Waals surface area contributed by atoms with Gasteiger partial charge < -0.3 is 20.1 Å². The number of carbonyl (C=O) groups excluding carboxylic acids is 1. The fraction of sp³-hybridized carbons (Fsp3) is 0.562. The lowest BCUT2D eigenvalue weighted by Crippen LogP contribution is -2.38. The Bertz CT molecular complexity index is 441. The summed E-state index contributed by atoms with van der Waals surface area (Å²) >= 11 is 0. The highest BCUT2D eigenvalue weighted by Gasteiger charge is 2.14. The van der Waals surface area contributed by atoms with Gasteiger partial charge in [-0.3, -0.25) is 4.79 Å². The predicted molar refractivity (Wildman–Crippen MR) is 82.5 cm³/mol. The second kappa shape index (κ2) is 8.00. The summed E-state index contributed by atoms with van der Waals surface area (Å²) in [6, 6.07) is 7.15. The number of hydrogen-bond acceptors (Lipinski definition) is 4. The van der Waals surface area contributed by atoms with E-state index in [0.717, 1.165) is 18.8 Å². The fourth-order valence-corrected chi connectivity index (χ4v) is 2.52. The predicted octanol–water partition coefficient (Wildman–Crippen LogP) is 1.87. The molecule has 1 aromatic rings. The van der Waals surface area contributed by atoms with Crippen molar-refractivity contribution in [2.75, 3.05) is 31.6 Å². The first-order valence-electron chi connectivity index (χ1n) is 7.54. The molecule has 1 amide bonds. The molecule has 1 aromatic carbocycles. The Morgan fingerprint density at radius 2 is 1.95 bits per heavy atom. The SMILES string of the molecule is CC(=O)Nc1ccc(OC[C@H](O)CN2CCCCC2)cc1. The molecular formula is C16H24N2O3. The maximum atomic E-state index is 10.9. The van der Waals surface area contributed by atoms with E-state index in [1.54, 1.807) is 24.3 Å². The summed E-state index contributed by atoms with van der Waals surface area (Å²) < 4.78 is 5.58. The maximum Gasteiger partial charge on any atom is 0.221 e. The van der Waals surface area contributed by atoms with Crippen molar-refractivity contribution >= 4 is 11.6 Å². The normalized spacial score (nSPS) is 17.2. The highest BCUT2D eigenvalue weighted by molar-refractivity contribution is 5.88. The molecule has 1 saturated heterocycles. The summed E-state index contributed by atoms with van der Waals surface area (Å²) in [6.45, 7) is 4.58. The van der Waals surface area contributed by atoms with E-state index in [1.807, 2.05) is 0 Å². The molecule has 5 heteroatoms. The molecule has 0 saturated carbocycles. The molecule has 0 spiro atoms. The Morgan fingerprint density at radius 3 is 2.57 bits per heavy atom. The molecule has 1 aliphatic rings. The number of carbonyl (C=O) groups is 1. The Hall–Kier alpha value is -1.59. The lowest BCUT2D eigenvalue weighted by Gasteiger charge is -2.28. The number of ether oxygens (including phenoxy) is 1. The summed E-state index contributed by atoms with van der Waals surface area (Å²) in [5, 5.41) is 12.7. The van der Waals surface area contributed by atoms with Crippen LogP contribution in [-0.4, -0.2) is 48.3 Å². The molecule has 21 heavy (non-hydrogen) atoms. The molecule has 2 rings (SSSR count). The number of β-amino-alcohol motifs (C(OH)–C–C–N with tert-alkyl or cyclic N) is 1. The number of aliphatic hydroxyl groups is 1. The van der Waals surface area contributed by atoms with E-state index in [9.17, 15) is 9.90 Å². The zero-order chi connectivity index (χ0) is 15.1. The summed E-state index contributed by atoms with van der Waals surface area (Å²) in [4.78, 5) is 13.2. The number of piperidine rings is 1. The van der Waals surface area contributed by atoms with Gasteiger partial charge in [0.05, 0.1) is 0 Å². The van der Waals surface area contributed by atoms with E-state index in [4.69, 9.17) is 4.74 Å². The van der Waals surface area contributed by atoms with Crippen molar-refractivity contribution in [3.8, 4) is 5.75 Å². The number of nitrogens with zero attached hydrogens (tertiary/aromatic N) is 1. The van der Waals surface area contributed by atoms with E-state index < -0.39 is 6.10 Å². The minimum absolute atomic E-state index is 0.0966. The molecule has 1 fully saturated rings. The van der Waals surface area contributed by atoms with Crippen LogP contribution in [0, 0.1) is 0 Å². The Kier molecular flexibility index (Phi) is 6.02. The van der Waals surface area contributed by atoms with Crippen molar-refractivity contribution in [3.63, 3.8) is 0 Å². The third kappa shape index (κ3) is 5.73. The average Bonchev–Trinajstić information content (AvgIpc) is 2.47. The van der Waals surface area contributed by atoms with Gasteiger partial charge in [0, 0.05) is 19.2 Å². The van der Waals surface area contributed by atoms with E-state index in [1.165, 1.54) is 26.2 Å². The maximum absolute atomic E-state index is 10.9. The van der Waals surface area contributed by atoms with E-state index in [0.29, 0.717) is 12.3 Å². The van der Waals surface area contributed by atoms with Gasteiger partial charge in [-0.15, -0.1) is 0 Å². The van der Waals surface area contributed by atoms with Crippen molar-refractivity contribution in [3.05, 3.63) is 24.3 Å². The Morgan fingerprint density at radius 1 is 1.29 bits per heavy atom. The minimum Gasteiger partial charge on any atom is -0.491 e. The second-order valence-corrected chi connectivity index (χ2v) is 5.53. The van der Waals surface area contributed by atoms with Gasteiger partial charge in [-0.1, -0.05) is 6.42 Å². The van der Waals surface area contributed by atoms with Crippen LogP contribution in [0.2, 0.25) is 0 Å². The van der Waals surface area contributed by atoms with Crippen LogP contribution in [0.3, 0.4) is 0 Å². The minimum atomic E-state index is -0.474. The molecule has 0 aromatic heterocycles. The number of hydrogen-bond donors (Lipinski definition) is 2. The first-order valence-corrected chi connectivity index (χ1v) is 7.54. The highest BCUT2D eigenvalue weighted by Crippen LogP contribution is 2.16. The standard InChI is InChI=1S/C16H24N2O3/c1-13(19)17-14-5-7-16(8-6-14)21-12-15(20)11-18-9-3-2-4-10-18/h5-8,15,20H,2-4,9-12H2,1H3,(H,17,19)/t15-/m1/s1. The third-order valence-electron chi connectivity index (χ3n) is 3.53. The summed E-state index contributed by atoms with van der Waals surface area (Å²) in [5.74, 6) is 0.599. The topological polar surface area (TPSA) is 61.8 Å². The molecule has 1 heterocycles. The van der Waals surface area contributed by atoms with Gasteiger partial charge in [-0.05, 0) is 50.2 Å². The molecular weight excluding hydrogens is 268 g/mol. The van der Waals surface area contributed by atoms with Crippen molar-refractivity contribution in [1.82, 2.24) is 4.90 Å². The summed E-state index contributed by atoms with van der Waals surface area (Å²) in [6.07, 6.45) is 3.26. The molecule has 1 aliphatic heterocycles. The van der Waals surface area contributed by atoms with Gasteiger partial charge in [-0.25, -0.2) is 0 Å². The monoisotopic (exact) mass is 292 g/mol. The molecule has 0 aliphatic carbocycles. The van der Waals surface area contributed by atoms with Crippen LogP contribution in [0.4, 0.5) is 5.69 Å². The van der Waals surface area contributed by atoms with Crippen LogP contribution in [0.15, 0.2) is 24.3 Å².